The number of anilines is 2. The summed E-state index contributed by atoms with van der Waals surface area (Å²) in [7, 11) is 4.12. The van der Waals surface area contributed by atoms with E-state index in [1.54, 1.807) is 22.7 Å². The average molecular weight is 685 g/mol. The largest absolute Gasteiger partial charge is 0.354 e. The predicted octanol–water partition coefficient (Wildman–Crippen LogP) is 9.73. The zero-order valence-corrected chi connectivity index (χ0v) is 28.4. The van der Waals surface area contributed by atoms with Crippen LogP contribution in [0.1, 0.15) is 85.1 Å². The molecule has 0 aromatic carbocycles. The van der Waals surface area contributed by atoms with E-state index in [0.717, 1.165) is 18.9 Å². The fourth-order valence-corrected chi connectivity index (χ4v) is 9.67. The third kappa shape index (κ3) is 7.19. The van der Waals surface area contributed by atoms with Gasteiger partial charge in [0.2, 0.25) is 0 Å². The van der Waals surface area contributed by atoms with Crippen molar-refractivity contribution in [3.8, 4) is 0 Å². The van der Waals surface area contributed by atoms with E-state index in [-0.39, 0.29) is 16.3 Å². The minimum Gasteiger partial charge on any atom is -0.354 e. The maximum atomic E-state index is 4.63. The molecule has 3 saturated heterocycles. The highest BCUT2D eigenvalue weighted by molar-refractivity contribution is 7.18. The van der Waals surface area contributed by atoms with Crippen molar-refractivity contribution in [1.29, 1.82) is 0 Å². The molecule has 0 saturated carbocycles. The lowest BCUT2D eigenvalue weighted by Crippen LogP contribution is -2.36. The monoisotopic (exact) mass is 684 g/mol. The third-order valence-electron chi connectivity index (χ3n) is 9.17. The van der Waals surface area contributed by atoms with Gasteiger partial charge < -0.3 is 9.80 Å². The second kappa shape index (κ2) is 15.9. The fourth-order valence-electron chi connectivity index (χ4n) is 6.88. The highest BCUT2D eigenvalue weighted by Gasteiger charge is 2.38. The number of rotatable bonds is 3. The van der Waals surface area contributed by atoms with Gasteiger partial charge in [0, 0.05) is 47.7 Å². The lowest BCUT2D eigenvalue weighted by atomic mass is 10.1. The minimum atomic E-state index is 0. The van der Waals surface area contributed by atoms with Crippen LogP contribution >= 0.6 is 34.0 Å². The summed E-state index contributed by atoms with van der Waals surface area (Å²) in [6.07, 6.45) is 12.5. The van der Waals surface area contributed by atoms with Crippen molar-refractivity contribution in [2.75, 3.05) is 56.1 Å². The normalized spacial score (nSPS) is 19.8. The first-order valence-corrected chi connectivity index (χ1v) is 18.9. The molecule has 12 heteroatoms. The van der Waals surface area contributed by atoms with E-state index >= 15 is 0 Å². The summed E-state index contributed by atoms with van der Waals surface area (Å²) in [4.78, 5) is 8.83. The summed E-state index contributed by atoms with van der Waals surface area (Å²) in [6.45, 7) is 7.12. The van der Waals surface area contributed by atoms with Crippen molar-refractivity contribution in [1.82, 2.24) is 24.9 Å². The van der Waals surface area contributed by atoms with Gasteiger partial charge in [-0.15, -0.1) is 38.7 Å². The molecule has 9 heterocycles. The second-order valence-corrected chi connectivity index (χ2v) is 15.0. The Bertz CT molecular complexity index is 1680. The van der Waals surface area contributed by atoms with Gasteiger partial charge in [-0.25, -0.2) is 4.90 Å². The van der Waals surface area contributed by atoms with Crippen LogP contribution in [0.2, 0.25) is 0 Å². The zero-order chi connectivity index (χ0) is 29.9. The van der Waals surface area contributed by atoms with Crippen LogP contribution in [0.5, 0.6) is 0 Å². The van der Waals surface area contributed by atoms with Crippen LogP contribution in [0.3, 0.4) is 0 Å². The molecule has 0 bridgehead atoms. The van der Waals surface area contributed by atoms with E-state index in [1.807, 2.05) is 23.1 Å². The lowest BCUT2D eigenvalue weighted by Gasteiger charge is -2.27. The Balaban J connectivity index is 0.000000155. The van der Waals surface area contributed by atoms with Gasteiger partial charge in [0.15, 0.2) is 24.4 Å². The molecule has 4 aliphatic rings. The van der Waals surface area contributed by atoms with Crippen molar-refractivity contribution in [3.05, 3.63) is 39.2 Å². The molecule has 0 spiro atoms. The molecule has 0 aliphatic carbocycles. The standard InChI is InChI=1S/C11H15N3S.C11H16N3S.C10H13N3S.2CH4.H2/c1-13-9-5-8-15-10(9)11(12-13)14-6-3-2-4-7-14;1-13-11(14-6-3-2-4-7-14)10-9(12-13)5-8-15-10;1-2-5-13(6-3-1)10-9-8(11-12-10)4-7-14-9;;;/h5,8H,2-4,6-7H2,1H3;5,8,11H,2-4,6-7H2,1H3;4,7H,1-3,5-6H2,(H,11,12);2*1H4;1H/q;+1;;;;. The Morgan fingerprint density at radius 3 is 2.02 bits per heavy atom. The first-order chi connectivity index (χ1) is 21.7. The van der Waals surface area contributed by atoms with Gasteiger partial charge >= 0.3 is 0 Å². The molecule has 4 aliphatic heterocycles. The van der Waals surface area contributed by atoms with E-state index in [1.165, 1.54) is 121 Å². The molecule has 0 radical (unpaired) electrons. The maximum Gasteiger partial charge on any atom is 0.272 e. The summed E-state index contributed by atoms with van der Waals surface area (Å²) in [6, 6.07) is 6.38. The van der Waals surface area contributed by atoms with Crippen LogP contribution in [0.25, 0.3) is 20.4 Å². The highest BCUT2D eigenvalue weighted by atomic mass is 32.1. The van der Waals surface area contributed by atoms with Crippen molar-refractivity contribution in [2.24, 2.45) is 12.2 Å². The molecule has 1 unspecified atom stereocenters. The highest BCUT2D eigenvalue weighted by Crippen LogP contribution is 2.41. The number of aromatic nitrogens is 4. The van der Waals surface area contributed by atoms with Crippen LogP contribution in [-0.2, 0) is 7.05 Å². The van der Waals surface area contributed by atoms with Crippen LogP contribution in [0.4, 0.5) is 17.3 Å². The molecule has 252 valence electrons. The molecular weight excluding hydrogens is 631 g/mol. The van der Waals surface area contributed by atoms with E-state index in [9.17, 15) is 0 Å². The molecule has 0 amide bonds. The number of piperidine rings is 3. The van der Waals surface area contributed by atoms with Crippen molar-refractivity contribution >= 4 is 71.8 Å². The smallest absolute Gasteiger partial charge is 0.272 e. The van der Waals surface area contributed by atoms with Gasteiger partial charge in [-0.05, 0) is 90.8 Å². The third-order valence-corrected chi connectivity index (χ3v) is 11.9. The topological polar surface area (TPSA) is 71.6 Å². The van der Waals surface area contributed by atoms with Crippen molar-refractivity contribution in [3.63, 3.8) is 0 Å². The molecule has 1 N–H and O–H groups in total. The summed E-state index contributed by atoms with van der Waals surface area (Å²) < 4.78 is 6.77. The molecule has 9 nitrogen and oxygen atoms in total. The molecule has 1 atom stereocenters. The van der Waals surface area contributed by atoms with E-state index in [4.69, 9.17) is 0 Å². The van der Waals surface area contributed by atoms with Gasteiger partial charge in [0.05, 0.1) is 20.4 Å². The Labute approximate surface area is 288 Å². The number of hydrogen-bond acceptors (Lipinski definition) is 9. The number of hydrogen-bond donors (Lipinski definition) is 1. The Kier molecular flexibility index (Phi) is 11.9. The SMILES string of the molecule is C.C.C[N+]1=Nc2ccsc2C1N1CCCCC1.Cn1nc(N2CCCCC2)c2sccc21.[HH].c1cc2[nH]nc(N3CCCCC3)c2s1. The first kappa shape index (κ1) is 34.5. The van der Waals surface area contributed by atoms with Gasteiger partial charge in [-0.1, -0.05) is 21.3 Å². The molecule has 5 aromatic rings. The number of fused-ring (bicyclic) bond motifs is 3. The minimum absolute atomic E-state index is 0. The number of thiophene rings is 3. The number of aromatic amines is 1. The van der Waals surface area contributed by atoms with Crippen LogP contribution in [-0.4, -0.2) is 75.9 Å². The predicted molar refractivity (Wildman–Crippen MR) is 201 cm³/mol. The number of likely N-dealkylation sites (tertiary alicyclic amines) is 1. The van der Waals surface area contributed by atoms with Gasteiger partial charge in [0.1, 0.15) is 4.88 Å². The Hall–Kier alpha value is -2.80. The van der Waals surface area contributed by atoms with Crippen molar-refractivity contribution < 1.29 is 6.12 Å². The summed E-state index contributed by atoms with van der Waals surface area (Å²) in [5, 5.41) is 23.1. The second-order valence-electron chi connectivity index (χ2n) is 12.2. The van der Waals surface area contributed by atoms with Gasteiger partial charge in [-0.3, -0.25) is 9.78 Å². The quantitative estimate of drug-likeness (QED) is 0.192. The number of H-pyrrole nitrogens is 1. The molecule has 3 fully saturated rings. The Morgan fingerprint density at radius 1 is 0.739 bits per heavy atom. The molecule has 9 rings (SSSR count). The van der Waals surface area contributed by atoms with Crippen LogP contribution < -0.4 is 9.80 Å². The van der Waals surface area contributed by atoms with E-state index in [2.05, 4.69) is 81.2 Å². The fraction of sp³-hybridized carbons (Fsp3) is 0.588. The first-order valence-electron chi connectivity index (χ1n) is 16.2. The summed E-state index contributed by atoms with van der Waals surface area (Å²) in [5.41, 5.74) is 3.62. The molecule has 5 aromatic heterocycles. The summed E-state index contributed by atoms with van der Waals surface area (Å²) >= 11 is 5.42. The summed E-state index contributed by atoms with van der Waals surface area (Å²) in [5.74, 6) is 2.36. The average Bonchev–Trinajstić information content (AvgIpc) is 3.90. The van der Waals surface area contributed by atoms with E-state index < -0.39 is 0 Å². The zero-order valence-electron chi connectivity index (χ0n) is 26.0. The lowest BCUT2D eigenvalue weighted by molar-refractivity contribution is -0.622. The van der Waals surface area contributed by atoms with Crippen LogP contribution in [0, 0.1) is 0 Å². The Morgan fingerprint density at radius 2 is 1.33 bits per heavy atom. The number of nitrogens with one attached hydrogen (secondary N) is 1. The molecule has 46 heavy (non-hydrogen) atoms. The maximum absolute atomic E-state index is 4.63. The molecular formula is C34H54N9S3+. The van der Waals surface area contributed by atoms with Crippen LogP contribution in [0.15, 0.2) is 39.5 Å². The van der Waals surface area contributed by atoms with Gasteiger partial charge in [-0.2, -0.15) is 10.2 Å². The van der Waals surface area contributed by atoms with Crippen molar-refractivity contribution in [2.45, 2.75) is 78.8 Å². The number of nitrogens with zero attached hydrogens (tertiary/aromatic N) is 8. The van der Waals surface area contributed by atoms with E-state index in [0.29, 0.717) is 6.17 Å². The number of aryl methyl sites for hydroxylation is 1. The number of azo groups is 2. The van der Waals surface area contributed by atoms with Gasteiger partial charge in [0.25, 0.3) is 6.17 Å².